The number of hydrogen-bond donors (Lipinski definition) is 3. The molecule has 22 heavy (non-hydrogen) atoms. The first-order chi connectivity index (χ1) is 10.2. The van der Waals surface area contributed by atoms with Crippen LogP contribution in [0.2, 0.25) is 0 Å². The summed E-state index contributed by atoms with van der Waals surface area (Å²) >= 11 is 0. The van der Waals surface area contributed by atoms with E-state index in [0.717, 1.165) is 31.0 Å². The van der Waals surface area contributed by atoms with E-state index in [1.54, 1.807) is 0 Å². The van der Waals surface area contributed by atoms with Gasteiger partial charge in [-0.2, -0.15) is 0 Å². The third-order valence-corrected chi connectivity index (χ3v) is 2.82. The van der Waals surface area contributed by atoms with Gasteiger partial charge in [-0.05, 0) is 32.4 Å². The fraction of sp³-hybridized carbons (Fsp3) is 0.500. The van der Waals surface area contributed by atoms with Gasteiger partial charge in [0.15, 0.2) is 5.96 Å². The maximum absolute atomic E-state index is 12.0. The van der Waals surface area contributed by atoms with Crippen molar-refractivity contribution in [2.45, 2.75) is 27.2 Å². The van der Waals surface area contributed by atoms with E-state index in [1.807, 2.05) is 38.1 Å². The number of nitrogens with one attached hydrogen (secondary N) is 3. The number of amides is 1. The molecule has 1 aromatic rings. The molecule has 1 amide bonds. The molecule has 1 aromatic carbocycles. The molecule has 0 radical (unpaired) electrons. The van der Waals surface area contributed by atoms with Crippen LogP contribution in [0.1, 0.15) is 36.2 Å². The van der Waals surface area contributed by atoms with Crippen LogP contribution in [0.4, 0.5) is 0 Å². The van der Waals surface area contributed by atoms with E-state index >= 15 is 0 Å². The van der Waals surface area contributed by atoms with Gasteiger partial charge in [-0.25, -0.2) is 0 Å². The van der Waals surface area contributed by atoms with Crippen molar-refractivity contribution in [2.75, 3.05) is 26.2 Å². The van der Waals surface area contributed by atoms with Crippen molar-refractivity contribution >= 4 is 35.8 Å². The highest BCUT2D eigenvalue weighted by Crippen LogP contribution is 2.03. The Balaban J connectivity index is 0.00000441. The number of carbonyl (C=O) groups is 1. The zero-order chi connectivity index (χ0) is 15.5. The fourth-order valence-electron chi connectivity index (χ4n) is 1.81. The van der Waals surface area contributed by atoms with Gasteiger partial charge in [-0.1, -0.05) is 24.6 Å². The van der Waals surface area contributed by atoms with Gasteiger partial charge >= 0.3 is 0 Å². The maximum Gasteiger partial charge on any atom is 0.251 e. The van der Waals surface area contributed by atoms with Crippen LogP contribution in [0.25, 0.3) is 0 Å². The number of hydrogen-bond acceptors (Lipinski definition) is 2. The smallest absolute Gasteiger partial charge is 0.251 e. The lowest BCUT2D eigenvalue weighted by Gasteiger charge is -2.11. The van der Waals surface area contributed by atoms with Crippen LogP contribution in [0.5, 0.6) is 0 Å². The van der Waals surface area contributed by atoms with Crippen LogP contribution in [0.3, 0.4) is 0 Å². The van der Waals surface area contributed by atoms with Crippen molar-refractivity contribution in [2.24, 2.45) is 4.99 Å². The van der Waals surface area contributed by atoms with Gasteiger partial charge in [0.05, 0.1) is 0 Å². The Labute approximate surface area is 150 Å². The Bertz CT molecular complexity index is 477. The summed E-state index contributed by atoms with van der Waals surface area (Å²) in [5.41, 5.74) is 1.78. The maximum atomic E-state index is 12.0. The minimum Gasteiger partial charge on any atom is -0.357 e. The van der Waals surface area contributed by atoms with Gasteiger partial charge in [-0.15, -0.1) is 24.0 Å². The van der Waals surface area contributed by atoms with E-state index in [0.29, 0.717) is 18.7 Å². The lowest BCUT2D eigenvalue weighted by molar-refractivity contribution is 0.0954. The first-order valence-corrected chi connectivity index (χ1v) is 7.54. The molecule has 6 heteroatoms. The summed E-state index contributed by atoms with van der Waals surface area (Å²) in [7, 11) is 0. The number of aryl methyl sites for hydroxylation is 1. The molecule has 0 saturated heterocycles. The summed E-state index contributed by atoms with van der Waals surface area (Å²) in [5, 5.41) is 9.26. The van der Waals surface area contributed by atoms with Crippen molar-refractivity contribution in [1.82, 2.24) is 16.0 Å². The second-order valence-corrected chi connectivity index (χ2v) is 4.81. The van der Waals surface area contributed by atoms with Crippen molar-refractivity contribution < 1.29 is 4.79 Å². The minimum absolute atomic E-state index is 0. The molecule has 0 heterocycles. The summed E-state index contributed by atoms with van der Waals surface area (Å²) in [6, 6.07) is 7.58. The van der Waals surface area contributed by atoms with Crippen LogP contribution in [-0.2, 0) is 0 Å². The first kappa shape index (κ1) is 20.7. The second-order valence-electron chi connectivity index (χ2n) is 4.81. The highest BCUT2D eigenvalue weighted by atomic mass is 127. The largest absolute Gasteiger partial charge is 0.357 e. The molecule has 0 aliphatic heterocycles. The minimum atomic E-state index is -0.0454. The van der Waals surface area contributed by atoms with Gasteiger partial charge < -0.3 is 16.0 Å². The van der Waals surface area contributed by atoms with E-state index in [-0.39, 0.29) is 29.9 Å². The Hall–Kier alpha value is -1.31. The molecule has 0 saturated carbocycles. The third kappa shape index (κ3) is 8.21. The van der Waals surface area contributed by atoms with E-state index < -0.39 is 0 Å². The number of halogens is 1. The van der Waals surface area contributed by atoms with Crippen molar-refractivity contribution in [3.63, 3.8) is 0 Å². The molecule has 5 nitrogen and oxygen atoms in total. The van der Waals surface area contributed by atoms with Crippen LogP contribution in [0, 0.1) is 6.92 Å². The van der Waals surface area contributed by atoms with E-state index in [1.165, 1.54) is 0 Å². The van der Waals surface area contributed by atoms with Crippen molar-refractivity contribution in [3.8, 4) is 0 Å². The van der Waals surface area contributed by atoms with Crippen LogP contribution < -0.4 is 16.0 Å². The average molecular weight is 418 g/mol. The molecular formula is C16H27IN4O. The summed E-state index contributed by atoms with van der Waals surface area (Å²) in [6.07, 6.45) is 1.01. The van der Waals surface area contributed by atoms with Crippen LogP contribution in [-0.4, -0.2) is 38.0 Å². The number of guanidine groups is 1. The zero-order valence-corrected chi connectivity index (χ0v) is 15.9. The molecule has 0 bridgehead atoms. The monoisotopic (exact) mass is 418 g/mol. The van der Waals surface area contributed by atoms with Crippen LogP contribution in [0.15, 0.2) is 29.3 Å². The van der Waals surface area contributed by atoms with Gasteiger partial charge in [0.2, 0.25) is 0 Å². The summed E-state index contributed by atoms with van der Waals surface area (Å²) in [5.74, 6) is 0.750. The predicted molar refractivity (Wildman–Crippen MR) is 103 cm³/mol. The molecule has 0 atom stereocenters. The first-order valence-electron chi connectivity index (χ1n) is 7.54. The third-order valence-electron chi connectivity index (χ3n) is 2.82. The summed E-state index contributed by atoms with van der Waals surface area (Å²) in [6.45, 7) is 8.93. The highest BCUT2D eigenvalue weighted by molar-refractivity contribution is 14.0. The van der Waals surface area contributed by atoms with E-state index in [4.69, 9.17) is 0 Å². The Morgan fingerprint density at radius 1 is 1.14 bits per heavy atom. The number of nitrogens with zero attached hydrogens (tertiary/aromatic N) is 1. The summed E-state index contributed by atoms with van der Waals surface area (Å²) < 4.78 is 0. The van der Waals surface area contributed by atoms with Gasteiger partial charge in [0.25, 0.3) is 5.91 Å². The number of carbonyl (C=O) groups excluding carboxylic acids is 1. The molecular weight excluding hydrogens is 391 g/mol. The molecule has 0 unspecified atom stereocenters. The molecule has 0 aromatic heterocycles. The second kappa shape index (κ2) is 12.3. The average Bonchev–Trinajstić information content (AvgIpc) is 2.48. The molecule has 0 fully saturated rings. The topological polar surface area (TPSA) is 65.5 Å². The molecule has 1 rings (SSSR count). The molecule has 3 N–H and O–H groups in total. The predicted octanol–water partition coefficient (Wildman–Crippen LogP) is 2.31. The molecule has 0 aliphatic rings. The lowest BCUT2D eigenvalue weighted by Crippen LogP contribution is -2.41. The SMILES string of the molecule is CCCN=C(NCC)NCCNC(=O)c1cccc(C)c1.I. The number of rotatable bonds is 7. The Kier molecular flexibility index (Phi) is 11.5. The highest BCUT2D eigenvalue weighted by Gasteiger charge is 2.04. The lowest BCUT2D eigenvalue weighted by atomic mass is 10.1. The fourth-order valence-corrected chi connectivity index (χ4v) is 1.81. The Morgan fingerprint density at radius 3 is 2.50 bits per heavy atom. The van der Waals surface area contributed by atoms with E-state index in [2.05, 4.69) is 27.9 Å². The Morgan fingerprint density at radius 2 is 1.86 bits per heavy atom. The van der Waals surface area contributed by atoms with Crippen molar-refractivity contribution in [1.29, 1.82) is 0 Å². The number of aliphatic imine (C=N–C) groups is 1. The normalized spacial score (nSPS) is 10.6. The zero-order valence-electron chi connectivity index (χ0n) is 13.6. The van der Waals surface area contributed by atoms with Gasteiger partial charge in [-0.3, -0.25) is 9.79 Å². The van der Waals surface area contributed by atoms with Gasteiger partial charge in [0, 0.05) is 31.7 Å². The molecule has 124 valence electrons. The summed E-state index contributed by atoms with van der Waals surface area (Å²) in [4.78, 5) is 16.4. The van der Waals surface area contributed by atoms with Gasteiger partial charge in [0.1, 0.15) is 0 Å². The van der Waals surface area contributed by atoms with Crippen molar-refractivity contribution in [3.05, 3.63) is 35.4 Å². The van der Waals surface area contributed by atoms with E-state index in [9.17, 15) is 4.79 Å². The standard InChI is InChI=1S/C16H26N4O.HI/c1-4-9-19-16(17-5-2)20-11-10-18-15(21)14-8-6-7-13(3)12-14;/h6-8,12H,4-5,9-11H2,1-3H3,(H,18,21)(H2,17,19,20);1H. The molecule has 0 spiro atoms. The quantitative estimate of drug-likeness (QED) is 0.276. The number of benzene rings is 1. The van der Waals surface area contributed by atoms with Crippen LogP contribution >= 0.6 is 24.0 Å². The molecule has 0 aliphatic carbocycles.